The fourth-order valence-corrected chi connectivity index (χ4v) is 1.92. The van der Waals surface area contributed by atoms with Crippen LogP contribution in [0.1, 0.15) is 200 Å². The largest absolute Gasteiger partial charge is 0.396 e. The second-order valence-electron chi connectivity index (χ2n) is 7.62. The topological polar surface area (TPSA) is 37.3 Å². The van der Waals surface area contributed by atoms with Crippen LogP contribution in [-0.4, -0.2) is 18.0 Å². The van der Waals surface area contributed by atoms with Crippen molar-refractivity contribution in [1.29, 1.82) is 0 Å². The molecular weight excluding hydrogens is 416 g/mol. The maximum atomic E-state index is 8.81. The van der Waals surface area contributed by atoms with Gasteiger partial charge < -0.3 is 9.90 Å². The average molecular weight is 495 g/mol. The normalized spacial score (nSPS) is 7.62. The molecule has 0 aliphatic heterocycles. The van der Waals surface area contributed by atoms with E-state index < -0.39 is 0 Å². The van der Waals surface area contributed by atoms with Crippen LogP contribution in [0.5, 0.6) is 0 Å². The van der Waals surface area contributed by atoms with Gasteiger partial charge in [0, 0.05) is 6.61 Å². The first kappa shape index (κ1) is 54.5. The lowest BCUT2D eigenvalue weighted by Gasteiger charge is -1.96. The molecule has 0 amide bonds. The predicted molar refractivity (Wildman–Crippen MR) is 166 cm³/mol. The Morgan fingerprint density at radius 3 is 0.735 bits per heavy atom. The summed E-state index contributed by atoms with van der Waals surface area (Å²) in [5.41, 5.74) is 0. The molecule has 0 aromatic heterocycles. The van der Waals surface area contributed by atoms with Crippen molar-refractivity contribution in [3.05, 3.63) is 0 Å². The molecule has 0 aliphatic carbocycles. The Balaban J connectivity index is -0.0000000416. The number of hydrogen-bond acceptors (Lipinski definition) is 2. The van der Waals surface area contributed by atoms with Crippen molar-refractivity contribution in [1.82, 2.24) is 0 Å². The number of carbonyl (C=O) groups excluding carboxylic acids is 1. The van der Waals surface area contributed by atoms with Crippen LogP contribution in [-0.2, 0) is 4.79 Å². The van der Waals surface area contributed by atoms with E-state index in [9.17, 15) is 0 Å². The van der Waals surface area contributed by atoms with Crippen LogP contribution in [0.15, 0.2) is 0 Å². The SMILES string of the molecule is CC.CC.CC=O.CCC.CCC.CCC.CCCCCCCCC.CCCCCCCCO. The van der Waals surface area contributed by atoms with Gasteiger partial charge in [-0.15, -0.1) is 0 Å². The lowest BCUT2D eigenvalue weighted by Crippen LogP contribution is -1.82. The summed E-state index contributed by atoms with van der Waals surface area (Å²) in [7, 11) is 0. The highest BCUT2D eigenvalue weighted by Crippen LogP contribution is 2.05. The van der Waals surface area contributed by atoms with E-state index in [0.29, 0.717) is 6.61 Å². The van der Waals surface area contributed by atoms with Crippen LogP contribution in [0.3, 0.4) is 0 Å². The first-order valence-corrected chi connectivity index (χ1v) is 15.5. The molecule has 0 atom stereocenters. The molecule has 0 radical (unpaired) electrons. The fraction of sp³-hybridized carbons (Fsp3) is 0.969. The second-order valence-corrected chi connectivity index (χ2v) is 7.62. The van der Waals surface area contributed by atoms with E-state index in [1.165, 1.54) is 103 Å². The number of carbonyl (C=O) groups is 1. The smallest absolute Gasteiger partial charge is 0.116 e. The summed E-state index contributed by atoms with van der Waals surface area (Å²) in [6.45, 7) is 29.3. The lowest BCUT2D eigenvalue weighted by atomic mass is 10.1. The minimum Gasteiger partial charge on any atom is -0.396 e. The van der Waals surface area contributed by atoms with Gasteiger partial charge in [0.15, 0.2) is 0 Å². The molecule has 0 aliphatic rings. The molecule has 0 fully saturated rings. The molecule has 0 bridgehead atoms. The first-order valence-electron chi connectivity index (χ1n) is 15.5. The van der Waals surface area contributed by atoms with Gasteiger partial charge in [0.1, 0.15) is 6.29 Å². The fourth-order valence-electron chi connectivity index (χ4n) is 1.92. The van der Waals surface area contributed by atoms with Gasteiger partial charge in [-0.3, -0.25) is 0 Å². The van der Waals surface area contributed by atoms with Crippen molar-refractivity contribution in [2.75, 3.05) is 6.61 Å². The molecular formula is C32H78O2. The molecule has 218 valence electrons. The van der Waals surface area contributed by atoms with Gasteiger partial charge >= 0.3 is 0 Å². The number of aliphatic hydroxyl groups excluding tert-OH is 1. The van der Waals surface area contributed by atoms with Gasteiger partial charge in [0.2, 0.25) is 0 Å². The van der Waals surface area contributed by atoms with E-state index in [-0.39, 0.29) is 0 Å². The van der Waals surface area contributed by atoms with Crippen LogP contribution in [0.4, 0.5) is 0 Å². The standard InChI is InChI=1S/C9H20.C8H18O.3C3H8.C2H4O.2C2H6/c1-3-5-7-9-8-6-4-2;1-2-3-4-5-6-7-8-9;3*1-3-2;1-2-3;2*1-2/h3-9H2,1-2H3;9H,2-8H2,1H3;3*3H2,1-2H3;2H,1H3;2*1-2H3. The molecule has 0 aromatic carbocycles. The van der Waals surface area contributed by atoms with Gasteiger partial charge in [-0.25, -0.2) is 0 Å². The van der Waals surface area contributed by atoms with Gasteiger partial charge in [-0.1, -0.05) is 186 Å². The summed E-state index contributed by atoms with van der Waals surface area (Å²) >= 11 is 0. The van der Waals surface area contributed by atoms with E-state index in [1.54, 1.807) is 0 Å². The van der Waals surface area contributed by atoms with E-state index >= 15 is 0 Å². The quantitative estimate of drug-likeness (QED) is 0.216. The third-order valence-corrected chi connectivity index (χ3v) is 3.22. The van der Waals surface area contributed by atoms with Gasteiger partial charge in [0.25, 0.3) is 0 Å². The Kier molecular flexibility index (Phi) is 168. The van der Waals surface area contributed by atoms with Crippen molar-refractivity contribution in [2.24, 2.45) is 0 Å². The predicted octanol–water partition coefficient (Wildman–Crippen LogP) is 12.6. The summed E-state index contributed by atoms with van der Waals surface area (Å²) in [6.07, 6.45) is 22.0. The molecule has 0 saturated heterocycles. The van der Waals surface area contributed by atoms with E-state index in [0.717, 1.165) is 12.7 Å². The Bertz CT molecular complexity index is 151. The van der Waals surface area contributed by atoms with Gasteiger partial charge in [0.05, 0.1) is 0 Å². The summed E-state index contributed by atoms with van der Waals surface area (Å²) < 4.78 is 0. The number of aldehydes is 1. The highest BCUT2D eigenvalue weighted by Gasteiger charge is 1.86. The minimum atomic E-state index is 0.367. The van der Waals surface area contributed by atoms with Crippen molar-refractivity contribution >= 4 is 6.29 Å². The Labute approximate surface area is 222 Å². The Morgan fingerprint density at radius 1 is 0.441 bits per heavy atom. The van der Waals surface area contributed by atoms with Crippen molar-refractivity contribution in [3.63, 3.8) is 0 Å². The highest BCUT2D eigenvalue weighted by molar-refractivity contribution is 5.44. The zero-order valence-electron chi connectivity index (χ0n) is 27.5. The number of hydrogen-bond donors (Lipinski definition) is 1. The summed E-state index contributed by atoms with van der Waals surface area (Å²) in [4.78, 5) is 8.81. The third-order valence-electron chi connectivity index (χ3n) is 3.22. The molecule has 34 heavy (non-hydrogen) atoms. The van der Waals surface area contributed by atoms with Crippen LogP contribution in [0.2, 0.25) is 0 Å². The van der Waals surface area contributed by atoms with Crippen molar-refractivity contribution in [3.8, 4) is 0 Å². The van der Waals surface area contributed by atoms with Crippen LogP contribution < -0.4 is 0 Å². The summed E-state index contributed by atoms with van der Waals surface area (Å²) in [6, 6.07) is 0. The Hall–Kier alpha value is -0.370. The van der Waals surface area contributed by atoms with E-state index in [1.807, 2.05) is 27.7 Å². The lowest BCUT2D eigenvalue weighted by molar-refractivity contribution is -0.106. The average Bonchev–Trinajstić information content (AvgIpc) is 2.84. The van der Waals surface area contributed by atoms with Crippen molar-refractivity contribution in [2.45, 2.75) is 200 Å². The number of aliphatic hydroxyl groups is 1. The van der Waals surface area contributed by atoms with Gasteiger partial charge in [-0.2, -0.15) is 0 Å². The van der Waals surface area contributed by atoms with Gasteiger partial charge in [-0.05, 0) is 13.3 Å². The molecule has 1 N–H and O–H groups in total. The second kappa shape index (κ2) is 105. The number of rotatable bonds is 12. The zero-order chi connectivity index (χ0) is 28.7. The van der Waals surface area contributed by atoms with Crippen LogP contribution in [0.25, 0.3) is 0 Å². The first-order chi connectivity index (χ1) is 16.5. The maximum Gasteiger partial charge on any atom is 0.116 e. The van der Waals surface area contributed by atoms with Crippen LogP contribution in [0, 0.1) is 0 Å². The monoisotopic (exact) mass is 495 g/mol. The molecule has 0 rings (SSSR count). The molecule has 0 heterocycles. The van der Waals surface area contributed by atoms with E-state index in [2.05, 4.69) is 62.3 Å². The summed E-state index contributed by atoms with van der Waals surface area (Å²) in [5, 5.41) is 8.42. The molecule has 0 unspecified atom stereocenters. The molecule has 2 heteroatoms. The zero-order valence-corrected chi connectivity index (χ0v) is 27.5. The van der Waals surface area contributed by atoms with E-state index in [4.69, 9.17) is 9.90 Å². The highest BCUT2D eigenvalue weighted by atomic mass is 16.2. The summed E-state index contributed by atoms with van der Waals surface area (Å²) in [5.74, 6) is 0. The Morgan fingerprint density at radius 2 is 0.588 bits per heavy atom. The number of unbranched alkanes of at least 4 members (excludes halogenated alkanes) is 11. The molecule has 2 nitrogen and oxygen atoms in total. The maximum absolute atomic E-state index is 8.81. The molecule has 0 saturated carbocycles. The molecule has 0 spiro atoms. The van der Waals surface area contributed by atoms with Crippen LogP contribution >= 0.6 is 0 Å². The molecule has 0 aromatic rings. The minimum absolute atomic E-state index is 0.367. The third kappa shape index (κ3) is 219. The van der Waals surface area contributed by atoms with Crippen molar-refractivity contribution < 1.29 is 9.90 Å².